The Kier molecular flexibility index (Phi) is 4.30. The molecule has 2 N–H and O–H groups in total. The number of rotatable bonds is 3. The Morgan fingerprint density at radius 1 is 1.29 bits per heavy atom. The number of carbonyl (C=O) groups excluding carboxylic acids is 1. The number of nitrogen functional groups attached to an aromatic ring is 1. The molecule has 0 atom stereocenters. The van der Waals surface area contributed by atoms with Gasteiger partial charge in [0, 0.05) is 32.1 Å². The van der Waals surface area contributed by atoms with E-state index >= 15 is 0 Å². The van der Waals surface area contributed by atoms with Crippen molar-refractivity contribution in [2.24, 2.45) is 5.92 Å². The van der Waals surface area contributed by atoms with E-state index in [1.54, 1.807) is 17.0 Å². The normalized spacial score (nSPS) is 15.4. The summed E-state index contributed by atoms with van der Waals surface area (Å²) in [5.74, 6) is 0.0926. The Morgan fingerprint density at radius 3 is 2.43 bits per heavy atom. The molecule has 0 radical (unpaired) electrons. The Hall–Kier alpha value is -2.31. The van der Waals surface area contributed by atoms with Gasteiger partial charge in [-0.05, 0) is 12.1 Å². The smallest absolute Gasteiger partial charge is 0.315 e. The van der Waals surface area contributed by atoms with Gasteiger partial charge in [-0.25, -0.2) is 0 Å². The molecule has 0 bridgehead atoms. The minimum Gasteiger partial charge on any atom is -0.393 e. The molecule has 1 fully saturated rings. The molecule has 1 heterocycles. The van der Waals surface area contributed by atoms with Gasteiger partial charge in [-0.3, -0.25) is 14.9 Å². The third-order valence-corrected chi connectivity index (χ3v) is 3.65. The van der Waals surface area contributed by atoms with Crippen molar-refractivity contribution >= 4 is 23.0 Å². The predicted octanol–water partition coefficient (Wildman–Crippen LogP) is 1.48. The monoisotopic (exact) mass is 292 g/mol. The molecule has 0 aliphatic carbocycles. The van der Waals surface area contributed by atoms with E-state index in [1.807, 2.05) is 18.7 Å². The quantitative estimate of drug-likeness (QED) is 0.517. The first-order valence-electron chi connectivity index (χ1n) is 6.98. The number of piperazine rings is 1. The van der Waals surface area contributed by atoms with Crippen molar-refractivity contribution in [1.82, 2.24) is 4.90 Å². The number of carbonyl (C=O) groups is 1. The largest absolute Gasteiger partial charge is 0.393 e. The summed E-state index contributed by atoms with van der Waals surface area (Å²) >= 11 is 0. The molecule has 7 heteroatoms. The summed E-state index contributed by atoms with van der Waals surface area (Å²) in [4.78, 5) is 26.4. The van der Waals surface area contributed by atoms with E-state index in [0.717, 1.165) is 0 Å². The first-order valence-corrected chi connectivity index (χ1v) is 6.98. The molecule has 114 valence electrons. The van der Waals surface area contributed by atoms with Crippen molar-refractivity contribution in [1.29, 1.82) is 0 Å². The lowest BCUT2D eigenvalue weighted by molar-refractivity contribution is -0.383. The van der Waals surface area contributed by atoms with Crippen LogP contribution >= 0.6 is 0 Å². The molecule has 7 nitrogen and oxygen atoms in total. The molecular formula is C14H20N4O3. The molecule has 1 aliphatic heterocycles. The van der Waals surface area contributed by atoms with E-state index in [1.165, 1.54) is 6.07 Å². The topological polar surface area (TPSA) is 92.7 Å². The van der Waals surface area contributed by atoms with Gasteiger partial charge in [0.05, 0.1) is 4.92 Å². The number of hydrogen-bond acceptors (Lipinski definition) is 5. The number of nitrogens with zero attached hydrogens (tertiary/aromatic N) is 3. The van der Waals surface area contributed by atoms with Gasteiger partial charge < -0.3 is 15.5 Å². The van der Waals surface area contributed by atoms with Crippen LogP contribution in [0.2, 0.25) is 0 Å². The average Bonchev–Trinajstić information content (AvgIpc) is 2.46. The number of amides is 1. The number of anilines is 2. The number of hydrogen-bond donors (Lipinski definition) is 1. The highest BCUT2D eigenvalue weighted by atomic mass is 16.6. The fourth-order valence-electron chi connectivity index (χ4n) is 2.54. The minimum atomic E-state index is -0.448. The zero-order valence-electron chi connectivity index (χ0n) is 12.3. The zero-order valence-corrected chi connectivity index (χ0v) is 12.3. The van der Waals surface area contributed by atoms with E-state index in [0.29, 0.717) is 31.9 Å². The van der Waals surface area contributed by atoms with Gasteiger partial charge >= 0.3 is 5.69 Å². The molecule has 21 heavy (non-hydrogen) atoms. The maximum absolute atomic E-state index is 11.9. The third kappa shape index (κ3) is 3.07. The predicted molar refractivity (Wildman–Crippen MR) is 81.1 cm³/mol. The van der Waals surface area contributed by atoms with Gasteiger partial charge in [0.1, 0.15) is 11.4 Å². The second kappa shape index (κ2) is 5.99. The molecule has 0 spiro atoms. The van der Waals surface area contributed by atoms with Crippen molar-refractivity contribution in [3.63, 3.8) is 0 Å². The highest BCUT2D eigenvalue weighted by molar-refractivity contribution is 5.79. The second-order valence-electron chi connectivity index (χ2n) is 5.44. The van der Waals surface area contributed by atoms with Gasteiger partial charge in [0.15, 0.2) is 0 Å². The van der Waals surface area contributed by atoms with Gasteiger partial charge in [-0.2, -0.15) is 0 Å². The van der Waals surface area contributed by atoms with Crippen LogP contribution in [0.5, 0.6) is 0 Å². The highest BCUT2D eigenvalue weighted by Crippen LogP contribution is 2.34. The Labute approximate surface area is 123 Å². The summed E-state index contributed by atoms with van der Waals surface area (Å²) < 4.78 is 0. The van der Waals surface area contributed by atoms with Crippen LogP contribution in [0.3, 0.4) is 0 Å². The zero-order chi connectivity index (χ0) is 15.6. The second-order valence-corrected chi connectivity index (χ2v) is 5.44. The number of nitro groups is 1. The Morgan fingerprint density at radius 2 is 1.90 bits per heavy atom. The maximum atomic E-state index is 11.9. The first kappa shape index (κ1) is 15.1. The fraction of sp³-hybridized carbons (Fsp3) is 0.500. The van der Waals surface area contributed by atoms with Crippen LogP contribution in [-0.2, 0) is 4.79 Å². The summed E-state index contributed by atoms with van der Waals surface area (Å²) in [6.45, 7) is 6.03. The lowest BCUT2D eigenvalue weighted by Crippen LogP contribution is -2.50. The van der Waals surface area contributed by atoms with Crippen LogP contribution in [0.25, 0.3) is 0 Å². The molecule has 0 saturated carbocycles. The van der Waals surface area contributed by atoms with Crippen LogP contribution < -0.4 is 10.6 Å². The summed E-state index contributed by atoms with van der Waals surface area (Å²) in [5, 5.41) is 11.2. The van der Waals surface area contributed by atoms with E-state index < -0.39 is 4.92 Å². The summed E-state index contributed by atoms with van der Waals surface area (Å²) in [7, 11) is 0. The molecular weight excluding hydrogens is 272 g/mol. The molecule has 0 aromatic heterocycles. The van der Waals surface area contributed by atoms with E-state index in [4.69, 9.17) is 5.73 Å². The lowest BCUT2D eigenvalue weighted by atomic mass is 10.1. The van der Waals surface area contributed by atoms with Crippen LogP contribution in [0.1, 0.15) is 13.8 Å². The summed E-state index contributed by atoms with van der Waals surface area (Å²) in [5.41, 5.74) is 6.35. The summed E-state index contributed by atoms with van der Waals surface area (Å²) in [6.07, 6.45) is 0. The Bertz CT molecular complexity index is 551. The van der Waals surface area contributed by atoms with Crippen LogP contribution in [0.15, 0.2) is 18.2 Å². The lowest BCUT2D eigenvalue weighted by Gasteiger charge is -2.36. The number of benzene rings is 1. The minimum absolute atomic E-state index is 0.0294. The number of nitrogens with two attached hydrogens (primary N) is 1. The van der Waals surface area contributed by atoms with Crippen molar-refractivity contribution in [3.05, 3.63) is 28.3 Å². The molecule has 2 rings (SSSR count). The van der Waals surface area contributed by atoms with Crippen LogP contribution in [-0.4, -0.2) is 41.9 Å². The highest BCUT2D eigenvalue weighted by Gasteiger charge is 2.27. The first-order chi connectivity index (χ1) is 9.91. The molecule has 1 aliphatic rings. The number of para-hydroxylation sites is 1. The van der Waals surface area contributed by atoms with E-state index in [-0.39, 0.29) is 23.2 Å². The molecule has 1 amide bonds. The standard InChI is InChI=1S/C14H20N4O3/c1-10(2)14(19)17-8-6-16(7-9-17)12-5-3-4-11(15)13(12)18(20)21/h3-5,10H,6-9,15H2,1-2H3. The van der Waals surface area contributed by atoms with Crippen molar-refractivity contribution < 1.29 is 9.72 Å². The van der Waals surface area contributed by atoms with E-state index in [9.17, 15) is 14.9 Å². The molecule has 1 aromatic carbocycles. The van der Waals surface area contributed by atoms with Crippen molar-refractivity contribution in [2.75, 3.05) is 36.8 Å². The van der Waals surface area contributed by atoms with E-state index in [2.05, 4.69) is 0 Å². The SMILES string of the molecule is CC(C)C(=O)N1CCN(c2cccc(N)c2[N+](=O)[O-])CC1. The van der Waals surface area contributed by atoms with Crippen LogP contribution in [0.4, 0.5) is 17.1 Å². The average molecular weight is 292 g/mol. The van der Waals surface area contributed by atoms with Crippen molar-refractivity contribution in [2.45, 2.75) is 13.8 Å². The fourth-order valence-corrected chi connectivity index (χ4v) is 2.54. The molecule has 1 saturated heterocycles. The van der Waals surface area contributed by atoms with Crippen molar-refractivity contribution in [3.8, 4) is 0 Å². The van der Waals surface area contributed by atoms with Gasteiger partial charge in [-0.1, -0.05) is 19.9 Å². The summed E-state index contributed by atoms with van der Waals surface area (Å²) in [6, 6.07) is 4.94. The van der Waals surface area contributed by atoms with Gasteiger partial charge in [0.2, 0.25) is 5.91 Å². The molecule has 0 unspecified atom stereocenters. The Balaban J connectivity index is 2.15. The van der Waals surface area contributed by atoms with Crippen LogP contribution in [0, 0.1) is 16.0 Å². The number of nitro benzene ring substituents is 1. The van der Waals surface area contributed by atoms with Gasteiger partial charge in [0.25, 0.3) is 0 Å². The third-order valence-electron chi connectivity index (χ3n) is 3.65. The maximum Gasteiger partial charge on any atom is 0.315 e. The molecule has 1 aromatic rings. The van der Waals surface area contributed by atoms with Gasteiger partial charge in [-0.15, -0.1) is 0 Å².